The van der Waals surface area contributed by atoms with Crippen LogP contribution in [0.2, 0.25) is 0 Å². The van der Waals surface area contributed by atoms with Gasteiger partial charge in [0.05, 0.1) is 12.7 Å². The highest BCUT2D eigenvalue weighted by Gasteiger charge is 2.20. The van der Waals surface area contributed by atoms with E-state index >= 15 is 0 Å². The summed E-state index contributed by atoms with van der Waals surface area (Å²) < 4.78 is 5.55. The van der Waals surface area contributed by atoms with Crippen LogP contribution in [0.1, 0.15) is 38.5 Å². The van der Waals surface area contributed by atoms with Crippen LogP contribution in [0.5, 0.6) is 0 Å². The monoisotopic (exact) mass is 302 g/mol. The number of urea groups is 1. The Kier molecular flexibility index (Phi) is 7.52. The van der Waals surface area contributed by atoms with Crippen LogP contribution in [-0.4, -0.2) is 53.5 Å². The van der Waals surface area contributed by atoms with Gasteiger partial charge in [0.2, 0.25) is 0 Å². The van der Waals surface area contributed by atoms with Crippen LogP contribution < -0.4 is 10.6 Å². The van der Waals surface area contributed by atoms with E-state index in [-0.39, 0.29) is 25.5 Å². The molecule has 2 amide bonds. The molecule has 1 aliphatic rings. The Morgan fingerprint density at radius 2 is 1.86 bits per heavy atom. The first kappa shape index (κ1) is 17.2. The van der Waals surface area contributed by atoms with Crippen LogP contribution in [0, 0.1) is 0 Å². The first-order valence-corrected chi connectivity index (χ1v) is 7.09. The van der Waals surface area contributed by atoms with Crippen LogP contribution in [0.4, 0.5) is 4.79 Å². The molecule has 0 heterocycles. The van der Waals surface area contributed by atoms with Crippen molar-refractivity contribution in [2.75, 3.05) is 13.2 Å². The number of amides is 2. The molecular formula is C13H22N2O6. The second kappa shape index (κ2) is 9.17. The molecule has 0 spiro atoms. The van der Waals surface area contributed by atoms with Gasteiger partial charge >= 0.3 is 18.0 Å². The van der Waals surface area contributed by atoms with E-state index in [1.807, 2.05) is 0 Å². The van der Waals surface area contributed by atoms with Crippen LogP contribution in [0.3, 0.4) is 0 Å². The number of carboxylic acids is 2. The first-order valence-electron chi connectivity index (χ1n) is 7.09. The van der Waals surface area contributed by atoms with Crippen molar-refractivity contribution in [3.8, 4) is 0 Å². The molecule has 1 aliphatic carbocycles. The largest absolute Gasteiger partial charge is 0.481 e. The summed E-state index contributed by atoms with van der Waals surface area (Å²) in [5.74, 6) is -2.36. The number of carbonyl (C=O) groups is 3. The van der Waals surface area contributed by atoms with Gasteiger partial charge in [0.15, 0.2) is 0 Å². The number of carbonyl (C=O) groups excluding carboxylic acids is 1. The van der Waals surface area contributed by atoms with Crippen LogP contribution in [0.15, 0.2) is 0 Å². The van der Waals surface area contributed by atoms with Crippen molar-refractivity contribution >= 4 is 18.0 Å². The molecule has 8 nitrogen and oxygen atoms in total. The highest BCUT2D eigenvalue weighted by Crippen LogP contribution is 2.20. The number of hydrogen-bond donors (Lipinski definition) is 4. The predicted molar refractivity (Wildman–Crippen MR) is 73.0 cm³/mol. The summed E-state index contributed by atoms with van der Waals surface area (Å²) in [7, 11) is 0. The fourth-order valence-electron chi connectivity index (χ4n) is 2.18. The van der Waals surface area contributed by atoms with Crippen LogP contribution >= 0.6 is 0 Å². The summed E-state index contributed by atoms with van der Waals surface area (Å²) in [6.07, 6.45) is 4.21. The highest BCUT2D eigenvalue weighted by atomic mass is 16.5. The fourth-order valence-corrected chi connectivity index (χ4v) is 2.18. The lowest BCUT2D eigenvalue weighted by molar-refractivity contribution is -0.140. The molecule has 0 aromatic carbocycles. The SMILES string of the molecule is O=C(O)CC[C@H](NC(=O)NCCOC1CCCC1)C(=O)O. The Morgan fingerprint density at radius 1 is 1.19 bits per heavy atom. The molecular weight excluding hydrogens is 280 g/mol. The summed E-state index contributed by atoms with van der Waals surface area (Å²) >= 11 is 0. The van der Waals surface area contributed by atoms with Gasteiger partial charge in [-0.1, -0.05) is 12.8 Å². The molecule has 0 bridgehead atoms. The van der Waals surface area contributed by atoms with Crippen molar-refractivity contribution in [1.29, 1.82) is 0 Å². The van der Waals surface area contributed by atoms with E-state index in [1.165, 1.54) is 12.8 Å². The van der Waals surface area contributed by atoms with Crippen molar-refractivity contribution in [3.05, 3.63) is 0 Å². The quantitative estimate of drug-likeness (QED) is 0.461. The lowest BCUT2D eigenvalue weighted by Crippen LogP contribution is -2.47. The Bertz CT molecular complexity index is 368. The molecule has 1 atom stereocenters. The van der Waals surface area contributed by atoms with Gasteiger partial charge in [-0.25, -0.2) is 9.59 Å². The smallest absolute Gasteiger partial charge is 0.326 e. The van der Waals surface area contributed by atoms with Crippen LogP contribution in [-0.2, 0) is 14.3 Å². The van der Waals surface area contributed by atoms with Crippen molar-refractivity contribution in [3.63, 3.8) is 0 Å². The minimum atomic E-state index is -1.26. The van der Waals surface area contributed by atoms with E-state index < -0.39 is 24.0 Å². The van der Waals surface area contributed by atoms with Gasteiger partial charge in [-0.05, 0) is 19.3 Å². The number of rotatable bonds is 9. The second-order valence-electron chi connectivity index (χ2n) is 5.00. The zero-order valence-electron chi connectivity index (χ0n) is 11.8. The molecule has 21 heavy (non-hydrogen) atoms. The molecule has 120 valence electrons. The van der Waals surface area contributed by atoms with E-state index in [9.17, 15) is 14.4 Å². The van der Waals surface area contributed by atoms with Gasteiger partial charge in [-0.3, -0.25) is 4.79 Å². The number of carboxylic acid groups (broad SMARTS) is 2. The molecule has 0 radical (unpaired) electrons. The predicted octanol–water partition coefficient (Wildman–Crippen LogP) is 0.563. The highest BCUT2D eigenvalue weighted by molar-refractivity contribution is 5.82. The van der Waals surface area contributed by atoms with Gasteiger partial charge in [0.1, 0.15) is 6.04 Å². The molecule has 0 aromatic heterocycles. The third kappa shape index (κ3) is 7.50. The maximum atomic E-state index is 11.5. The van der Waals surface area contributed by atoms with Gasteiger partial charge in [0.25, 0.3) is 0 Å². The third-order valence-corrected chi connectivity index (χ3v) is 3.29. The van der Waals surface area contributed by atoms with Crippen molar-refractivity contribution in [2.24, 2.45) is 0 Å². The molecule has 4 N–H and O–H groups in total. The Hall–Kier alpha value is -1.83. The Morgan fingerprint density at radius 3 is 2.43 bits per heavy atom. The van der Waals surface area contributed by atoms with E-state index in [0.717, 1.165) is 12.8 Å². The van der Waals surface area contributed by atoms with Crippen molar-refractivity contribution in [2.45, 2.75) is 50.7 Å². The average molecular weight is 302 g/mol. The van der Waals surface area contributed by atoms with E-state index in [2.05, 4.69) is 10.6 Å². The van der Waals surface area contributed by atoms with Crippen molar-refractivity contribution in [1.82, 2.24) is 10.6 Å². The van der Waals surface area contributed by atoms with Gasteiger partial charge < -0.3 is 25.6 Å². The average Bonchev–Trinajstić information content (AvgIpc) is 2.92. The molecule has 0 aromatic rings. The molecule has 1 fully saturated rings. The standard InChI is InChI=1S/C13H22N2O6/c16-11(17)6-5-10(12(18)19)15-13(20)14-7-8-21-9-3-1-2-4-9/h9-10H,1-8H2,(H,16,17)(H,18,19)(H2,14,15,20)/t10-/m0/s1. The topological polar surface area (TPSA) is 125 Å². The zero-order valence-corrected chi connectivity index (χ0v) is 11.8. The summed E-state index contributed by atoms with van der Waals surface area (Å²) in [6, 6.07) is -1.85. The minimum Gasteiger partial charge on any atom is -0.481 e. The number of hydrogen-bond acceptors (Lipinski definition) is 4. The van der Waals surface area contributed by atoms with Crippen molar-refractivity contribution < 1.29 is 29.3 Å². The Balaban J connectivity index is 2.16. The third-order valence-electron chi connectivity index (χ3n) is 3.29. The maximum absolute atomic E-state index is 11.5. The fraction of sp³-hybridized carbons (Fsp3) is 0.769. The van der Waals surface area contributed by atoms with E-state index in [0.29, 0.717) is 6.61 Å². The molecule has 1 saturated carbocycles. The Labute approximate surface area is 122 Å². The maximum Gasteiger partial charge on any atom is 0.326 e. The minimum absolute atomic E-state index is 0.156. The molecule has 0 aliphatic heterocycles. The summed E-state index contributed by atoms with van der Waals surface area (Å²) in [4.78, 5) is 32.8. The van der Waals surface area contributed by atoms with Gasteiger partial charge in [-0.2, -0.15) is 0 Å². The normalized spacial score (nSPS) is 16.4. The van der Waals surface area contributed by atoms with E-state index in [1.54, 1.807) is 0 Å². The zero-order chi connectivity index (χ0) is 15.7. The second-order valence-corrected chi connectivity index (χ2v) is 5.00. The summed E-state index contributed by atoms with van der Waals surface area (Å²) in [6.45, 7) is 0.665. The number of nitrogens with one attached hydrogen (secondary N) is 2. The summed E-state index contributed by atoms with van der Waals surface area (Å²) in [5, 5.41) is 22.1. The molecule has 8 heteroatoms. The lowest BCUT2D eigenvalue weighted by atomic mass is 10.1. The van der Waals surface area contributed by atoms with Gasteiger partial charge in [-0.15, -0.1) is 0 Å². The first-order chi connectivity index (χ1) is 9.99. The molecule has 0 saturated heterocycles. The summed E-state index contributed by atoms with van der Waals surface area (Å²) in [5.41, 5.74) is 0. The van der Waals surface area contributed by atoms with Crippen LogP contribution in [0.25, 0.3) is 0 Å². The number of aliphatic carboxylic acids is 2. The van der Waals surface area contributed by atoms with Gasteiger partial charge in [0, 0.05) is 13.0 Å². The molecule has 0 unspecified atom stereocenters. The van der Waals surface area contributed by atoms with E-state index in [4.69, 9.17) is 14.9 Å². The molecule has 1 rings (SSSR count). The number of ether oxygens (including phenoxy) is 1. The lowest BCUT2D eigenvalue weighted by Gasteiger charge is -2.15.